The third-order valence-corrected chi connectivity index (χ3v) is 25.5. The second-order valence-corrected chi connectivity index (χ2v) is 39.6. The Bertz CT molecular complexity index is 6790. The maximum Gasteiger partial charge on any atom is 0.490 e. The van der Waals surface area contributed by atoms with E-state index < -0.39 is 17.2 Å². The van der Waals surface area contributed by atoms with Crippen molar-refractivity contribution in [3.63, 3.8) is 0 Å². The molecule has 12 heterocycles. The van der Waals surface area contributed by atoms with E-state index in [-0.39, 0.29) is 53.3 Å². The molecule has 756 valence electrons. The van der Waals surface area contributed by atoms with Crippen LogP contribution in [0.25, 0.3) is 66.1 Å². The Morgan fingerprint density at radius 1 is 0.469 bits per heavy atom. The predicted molar refractivity (Wildman–Crippen MR) is 578 cm³/mol. The first-order valence-corrected chi connectivity index (χ1v) is 49.3. The Kier molecular flexibility index (Phi) is 42.6. The van der Waals surface area contributed by atoms with Crippen molar-refractivity contribution in [3.05, 3.63) is 301 Å². The molecule has 1 fully saturated rings. The summed E-state index contributed by atoms with van der Waals surface area (Å²) in [5, 5.41) is 3.63. The number of aryl methyl sites for hydroxylation is 1. The molecule has 1 N–H and O–H groups in total. The number of nitrogens with zero attached hydrogens (tertiary/aromatic N) is 7. The van der Waals surface area contributed by atoms with Crippen LogP contribution in [0.15, 0.2) is 258 Å². The van der Waals surface area contributed by atoms with E-state index in [9.17, 15) is 28.8 Å². The first-order chi connectivity index (χ1) is 68.0. The number of aromatic nitrogens is 5. The van der Waals surface area contributed by atoms with E-state index in [2.05, 4.69) is 109 Å². The van der Waals surface area contributed by atoms with E-state index >= 15 is 0 Å². The van der Waals surface area contributed by atoms with Crippen molar-refractivity contribution in [2.75, 3.05) is 103 Å². The van der Waals surface area contributed by atoms with Crippen LogP contribution < -0.4 is 59.9 Å². The molecule has 35 heteroatoms. The molecule has 0 aliphatic carbocycles. The summed E-state index contributed by atoms with van der Waals surface area (Å²) in [5.41, 5.74) is 13.5. The molecule has 0 bridgehead atoms. The van der Waals surface area contributed by atoms with Crippen molar-refractivity contribution in [1.82, 2.24) is 38.3 Å². The number of halogens is 5. The van der Waals surface area contributed by atoms with Crippen molar-refractivity contribution >= 4 is 146 Å². The maximum atomic E-state index is 13.0. The second kappa shape index (κ2) is 53.3. The monoisotopic (exact) mass is 2270 g/mol. The van der Waals surface area contributed by atoms with E-state index in [0.29, 0.717) is 94.8 Å². The molecule has 0 unspecified atom stereocenters. The standard InChI is InChI=1S/C27H30N2O5.C22H22N2O3.C17H14BrNO3.C16H28BNO4.C13H15ClO4.C7H8BrN.C5H3BrIN.CO2/c1-27(2,3)34-26(31)28-12-10-18(11-13-28)20-6-8-22-14-21(16-25(30)29(22)17-20)19-7-9-23(32-4)24(15-19)33-5;1-26-20-6-4-16(12-21(20)27-2)18-11-19-5-3-17(14-24(19)22(25)13-18)15-7-9-23-10-8-15;1-21-15-6-3-11(8-16(15)22-2)12-7-14-5-4-13(18)10-19(14)17(20)9-12;1-14(2,3)20-13(19)18-10-8-12(9-11-18)17-21-15(4,5)16(6,7)22-17;1-8(13(15)18-4)12(14)9-5-6-10(16-2)11(7-9)17-3;1-2-7-4-3-6(8)5-9-7;6-4-1-2-5(7)8-3-4;2-1-3/h6-10,14-17H,11-13H2,1-5H3;3-7,11-14,23H,8-10H2,1-2H3;3-10H,1-2H3;8H,9-11H2,1-7H3;5-7H,1-4H3;3-5H,2H2,1H3;1-3H;/b;;;;12-8-;;;. The zero-order valence-corrected chi connectivity index (χ0v) is 91.7. The number of fused-ring (bicyclic) bond motifs is 3. The van der Waals surface area contributed by atoms with Gasteiger partial charge in [-0.2, -0.15) is 9.59 Å². The molecule has 16 rings (SSSR count). The summed E-state index contributed by atoms with van der Waals surface area (Å²) in [4.78, 5) is 102. The number of carbonyl (C=O) groups is 3. The summed E-state index contributed by atoms with van der Waals surface area (Å²) < 4.78 is 78.7. The fourth-order valence-electron chi connectivity index (χ4n) is 14.7. The Morgan fingerprint density at radius 3 is 1.21 bits per heavy atom. The normalized spacial score (nSPS) is 14.0. The van der Waals surface area contributed by atoms with Crippen LogP contribution in [0, 0.1) is 3.70 Å². The number of carbonyl (C=O) groups excluding carboxylic acids is 5. The zero-order valence-electron chi connectivity index (χ0n) is 84.0. The van der Waals surface area contributed by atoms with Gasteiger partial charge in [0.25, 0.3) is 16.7 Å². The maximum absolute atomic E-state index is 13.0. The molecule has 143 heavy (non-hydrogen) atoms. The van der Waals surface area contributed by atoms with Gasteiger partial charge in [-0.15, -0.1) is 0 Å². The number of benzene rings is 4. The molecule has 12 aromatic rings. The smallest absolute Gasteiger partial charge is 0.490 e. The molecular weight excluding hydrogens is 2160 g/mol. The lowest BCUT2D eigenvalue weighted by atomic mass is 9.75. The van der Waals surface area contributed by atoms with Gasteiger partial charge in [-0.3, -0.25) is 32.6 Å². The Balaban J connectivity index is 0.000000192. The highest BCUT2D eigenvalue weighted by Gasteiger charge is 2.52. The van der Waals surface area contributed by atoms with E-state index in [0.717, 1.165) is 127 Å². The van der Waals surface area contributed by atoms with Gasteiger partial charge in [0.15, 0.2) is 46.0 Å². The average molecular weight is 2280 g/mol. The van der Waals surface area contributed by atoms with Crippen LogP contribution in [-0.4, -0.2) is 190 Å². The van der Waals surface area contributed by atoms with Gasteiger partial charge in [-0.25, -0.2) is 19.4 Å². The number of rotatable bonds is 17. The summed E-state index contributed by atoms with van der Waals surface area (Å²) in [6.07, 6.45) is 18.5. The van der Waals surface area contributed by atoms with E-state index in [1.54, 1.807) is 128 Å². The molecule has 0 saturated carbocycles. The van der Waals surface area contributed by atoms with Gasteiger partial charge in [-0.1, -0.05) is 67.1 Å². The van der Waals surface area contributed by atoms with E-state index in [1.807, 2.05) is 227 Å². The van der Waals surface area contributed by atoms with Crippen molar-refractivity contribution in [2.45, 2.75) is 131 Å². The third kappa shape index (κ3) is 32.3. The molecule has 0 spiro atoms. The highest BCUT2D eigenvalue weighted by Crippen LogP contribution is 2.42. The highest BCUT2D eigenvalue weighted by molar-refractivity contribution is 14.1. The van der Waals surface area contributed by atoms with Gasteiger partial charge in [0.1, 0.15) is 14.9 Å². The van der Waals surface area contributed by atoms with Crippen LogP contribution >= 0.6 is 82.0 Å². The number of amides is 2. The van der Waals surface area contributed by atoms with Gasteiger partial charge >= 0.3 is 31.4 Å². The fraction of sp³-hybridized carbons (Fsp3) is 0.324. The summed E-state index contributed by atoms with van der Waals surface area (Å²) in [6, 6.07) is 52.7. The lowest BCUT2D eigenvalue weighted by molar-refractivity contribution is -0.191. The molecule has 4 aromatic carbocycles. The van der Waals surface area contributed by atoms with Gasteiger partial charge in [0.05, 0.1) is 85.8 Å². The number of ether oxygens (including phenoxy) is 11. The predicted octanol–water partition coefficient (Wildman–Crippen LogP) is 22.4. The van der Waals surface area contributed by atoms with E-state index in [1.165, 1.54) is 19.8 Å². The number of esters is 1. The van der Waals surface area contributed by atoms with Crippen LogP contribution in [0.3, 0.4) is 0 Å². The van der Waals surface area contributed by atoms with Crippen LogP contribution in [0.1, 0.15) is 125 Å². The summed E-state index contributed by atoms with van der Waals surface area (Å²) in [6.45, 7) is 27.2. The first-order valence-electron chi connectivity index (χ1n) is 45.4. The van der Waals surface area contributed by atoms with Gasteiger partial charge in [-0.05, 0) is 367 Å². The average Bonchev–Trinajstić information content (AvgIpc) is 1.67. The van der Waals surface area contributed by atoms with Crippen LogP contribution in [0.5, 0.6) is 46.0 Å². The molecule has 29 nitrogen and oxygen atoms in total. The zero-order chi connectivity index (χ0) is 105. The number of nitrogens with one attached hydrogen (secondary N) is 1. The quantitative estimate of drug-likeness (QED) is 0.0221. The molecule has 2 amide bonds. The molecule has 4 aliphatic heterocycles. The van der Waals surface area contributed by atoms with Crippen LogP contribution in [0.4, 0.5) is 9.59 Å². The van der Waals surface area contributed by atoms with Crippen molar-refractivity contribution in [2.24, 2.45) is 0 Å². The van der Waals surface area contributed by atoms with Gasteiger partial charge in [0, 0.05) is 118 Å². The number of methoxy groups -OCH3 is 9. The summed E-state index contributed by atoms with van der Waals surface area (Å²) >= 11 is 18.3. The Morgan fingerprint density at radius 2 is 0.853 bits per heavy atom. The number of hydrogen-bond acceptors (Lipinski definition) is 24. The topological polar surface area (TPSA) is 314 Å². The fourth-order valence-corrected chi connectivity index (χ4v) is 16.0. The van der Waals surface area contributed by atoms with Crippen molar-refractivity contribution < 1.29 is 85.4 Å². The Hall–Kier alpha value is -12.4. The SMILES string of the molecule is Brc1ccc(I)nc1.CC(C)(C)OC(=O)N1CC=C(B2OC(C)(C)C(C)(C)O2)CC1.CCc1ccc(Br)cn1.COC(=O)/C(C)=C(\Cl)c1ccc(OC)c(OC)c1.COc1ccc(-c2cc(=O)n3cc(Br)ccc3c2)cc1OC.COc1ccc(-c2cc(=O)n3cc(C4=CCN(C(=O)OC(C)(C)C)CC4)ccc3c2)cc1OC.COc1ccc(-c2cc(=O)n3cc(C4=CCNCC4)ccc3c2)cc1OC.O=C=O. The Labute approximate surface area is 877 Å². The van der Waals surface area contributed by atoms with Crippen molar-refractivity contribution in [3.8, 4) is 79.4 Å². The molecule has 0 atom stereocenters. The summed E-state index contributed by atoms with van der Waals surface area (Å²) in [7, 11) is 13.7. The largest absolute Gasteiger partial charge is 0.493 e. The molecule has 4 aliphatic rings. The first kappa shape index (κ1) is 114. The number of pyridine rings is 8. The minimum Gasteiger partial charge on any atom is -0.493 e. The highest BCUT2D eigenvalue weighted by atomic mass is 127. The lowest BCUT2D eigenvalue weighted by Crippen LogP contribution is -2.41. The second-order valence-electron chi connectivity index (χ2n) is 35.4. The molecule has 0 radical (unpaired) electrons. The molecule has 8 aromatic heterocycles. The third-order valence-electron chi connectivity index (χ3n) is 22.9. The summed E-state index contributed by atoms with van der Waals surface area (Å²) in [5.74, 6) is 4.53. The van der Waals surface area contributed by atoms with E-state index in [4.69, 9.17) is 77.9 Å². The minimum absolute atomic E-state index is 0.0475. The van der Waals surface area contributed by atoms with Crippen molar-refractivity contribution in [1.29, 1.82) is 0 Å². The molecular formula is C108H120BBr3ClIN8O21. The van der Waals surface area contributed by atoms with Gasteiger partial charge < -0.3 is 76.5 Å². The molecule has 1 saturated heterocycles. The van der Waals surface area contributed by atoms with Crippen LogP contribution in [0.2, 0.25) is 0 Å². The van der Waals surface area contributed by atoms with Gasteiger partial charge in [0.2, 0.25) is 0 Å². The number of hydrogen-bond donors (Lipinski definition) is 1. The minimum atomic E-state index is -0.517. The van der Waals surface area contributed by atoms with Crippen LogP contribution in [-0.2, 0) is 44.3 Å². The lowest BCUT2D eigenvalue weighted by Gasteiger charge is -2.32.